The molecule has 0 radical (unpaired) electrons. The second kappa shape index (κ2) is 7.68. The smallest absolute Gasteiger partial charge is 0.240 e. The van der Waals surface area contributed by atoms with E-state index in [1.54, 1.807) is 12.1 Å². The van der Waals surface area contributed by atoms with E-state index in [1.807, 2.05) is 13.0 Å². The molecule has 2 rings (SSSR count). The highest BCUT2D eigenvalue weighted by molar-refractivity contribution is 6.35. The molecule has 3 N–H and O–H groups in total. The molecule has 0 aromatic heterocycles. The van der Waals surface area contributed by atoms with E-state index in [0.717, 1.165) is 37.7 Å². The van der Waals surface area contributed by atoms with Crippen molar-refractivity contribution in [2.24, 2.45) is 5.73 Å². The predicted molar refractivity (Wildman–Crippen MR) is 90.3 cm³/mol. The molecule has 0 aliphatic heterocycles. The first kappa shape index (κ1) is 18.6. The molecular weight excluding hydrogens is 331 g/mol. The van der Waals surface area contributed by atoms with E-state index in [4.69, 9.17) is 28.9 Å². The quantitative estimate of drug-likeness (QED) is 0.855. The Hall–Kier alpha value is -0.480. The van der Waals surface area contributed by atoms with Gasteiger partial charge in [-0.3, -0.25) is 4.79 Å². The van der Waals surface area contributed by atoms with E-state index in [-0.39, 0.29) is 24.4 Å². The zero-order valence-electron chi connectivity index (χ0n) is 12.0. The van der Waals surface area contributed by atoms with Crippen LogP contribution in [0.3, 0.4) is 0 Å². The second-order valence-corrected chi connectivity index (χ2v) is 6.42. The number of hydrogen-bond acceptors (Lipinski definition) is 2. The summed E-state index contributed by atoms with van der Waals surface area (Å²) in [4.78, 5) is 12.4. The Balaban J connectivity index is 0.00000220. The molecule has 21 heavy (non-hydrogen) atoms. The molecule has 1 atom stereocenters. The van der Waals surface area contributed by atoms with Gasteiger partial charge in [0.2, 0.25) is 5.91 Å². The first-order valence-electron chi connectivity index (χ1n) is 6.97. The summed E-state index contributed by atoms with van der Waals surface area (Å²) in [5.74, 6) is -0.0873. The summed E-state index contributed by atoms with van der Waals surface area (Å²) in [5.41, 5.74) is 6.35. The van der Waals surface area contributed by atoms with E-state index in [0.29, 0.717) is 10.0 Å². The Morgan fingerprint density at radius 1 is 1.29 bits per heavy atom. The molecule has 1 aromatic rings. The molecule has 1 aliphatic carbocycles. The molecule has 0 heterocycles. The maximum Gasteiger partial charge on any atom is 0.240 e. The number of hydrogen-bond donors (Lipinski definition) is 2. The van der Waals surface area contributed by atoms with Gasteiger partial charge in [-0.05, 0) is 37.5 Å². The van der Waals surface area contributed by atoms with Crippen molar-refractivity contribution in [3.8, 4) is 0 Å². The number of benzene rings is 1. The van der Waals surface area contributed by atoms with Gasteiger partial charge >= 0.3 is 0 Å². The maximum absolute atomic E-state index is 12.4. The van der Waals surface area contributed by atoms with Crippen LogP contribution in [0, 0.1) is 0 Å². The van der Waals surface area contributed by atoms with Crippen molar-refractivity contribution in [2.75, 3.05) is 0 Å². The van der Waals surface area contributed by atoms with E-state index in [1.165, 1.54) is 0 Å². The summed E-state index contributed by atoms with van der Waals surface area (Å²) in [5, 5.41) is 4.11. The Morgan fingerprint density at radius 2 is 1.90 bits per heavy atom. The molecule has 1 aromatic carbocycles. The lowest BCUT2D eigenvalue weighted by Crippen LogP contribution is -2.55. The molecule has 1 fully saturated rings. The minimum absolute atomic E-state index is 0. The molecule has 1 amide bonds. The van der Waals surface area contributed by atoms with Gasteiger partial charge in [-0.1, -0.05) is 48.5 Å². The molecule has 0 saturated heterocycles. The third kappa shape index (κ3) is 4.49. The van der Waals surface area contributed by atoms with Crippen LogP contribution in [0.2, 0.25) is 10.0 Å². The molecule has 6 heteroatoms. The van der Waals surface area contributed by atoms with Gasteiger partial charge in [-0.2, -0.15) is 0 Å². The number of nitrogens with two attached hydrogens (primary N) is 1. The maximum atomic E-state index is 12.4. The molecule has 1 unspecified atom stereocenters. The van der Waals surface area contributed by atoms with Crippen LogP contribution in [0.1, 0.15) is 50.6 Å². The third-order valence-corrected chi connectivity index (χ3v) is 4.54. The van der Waals surface area contributed by atoms with Crippen LogP contribution < -0.4 is 11.1 Å². The largest absolute Gasteiger partial charge is 0.348 e. The van der Waals surface area contributed by atoms with Gasteiger partial charge in [0.25, 0.3) is 0 Å². The van der Waals surface area contributed by atoms with Crippen molar-refractivity contribution in [3.63, 3.8) is 0 Å². The van der Waals surface area contributed by atoms with Crippen LogP contribution in [-0.2, 0) is 4.79 Å². The van der Waals surface area contributed by atoms with Crippen LogP contribution in [-0.4, -0.2) is 11.4 Å². The first-order chi connectivity index (χ1) is 9.42. The van der Waals surface area contributed by atoms with Crippen LogP contribution in [0.5, 0.6) is 0 Å². The summed E-state index contributed by atoms with van der Waals surface area (Å²) >= 11 is 12.0. The summed E-state index contributed by atoms with van der Waals surface area (Å²) < 4.78 is 0. The standard InChI is InChI=1S/C15H20Cl2N2O.ClH/c1-10(12-6-5-11(16)9-13(12)17)19-14(20)15(18)7-3-2-4-8-15;/h5-6,9-10H,2-4,7-8,18H2,1H3,(H,19,20);1H. The predicted octanol–water partition coefficient (Wildman–Crippen LogP) is 4.25. The SMILES string of the molecule is CC(NC(=O)C1(N)CCCCC1)c1ccc(Cl)cc1Cl.Cl. The fourth-order valence-electron chi connectivity index (χ4n) is 2.68. The first-order valence-corrected chi connectivity index (χ1v) is 7.73. The van der Waals surface area contributed by atoms with Gasteiger partial charge in [0.1, 0.15) is 0 Å². The van der Waals surface area contributed by atoms with E-state index in [9.17, 15) is 4.79 Å². The minimum Gasteiger partial charge on any atom is -0.348 e. The van der Waals surface area contributed by atoms with E-state index < -0.39 is 5.54 Å². The second-order valence-electron chi connectivity index (χ2n) is 5.58. The highest BCUT2D eigenvalue weighted by Gasteiger charge is 2.35. The van der Waals surface area contributed by atoms with Crippen molar-refractivity contribution in [1.29, 1.82) is 0 Å². The average molecular weight is 352 g/mol. The summed E-state index contributed by atoms with van der Waals surface area (Å²) in [6, 6.07) is 5.10. The number of rotatable bonds is 3. The van der Waals surface area contributed by atoms with Gasteiger partial charge in [-0.25, -0.2) is 0 Å². The van der Waals surface area contributed by atoms with E-state index >= 15 is 0 Å². The van der Waals surface area contributed by atoms with Crippen molar-refractivity contribution < 1.29 is 4.79 Å². The van der Waals surface area contributed by atoms with Crippen molar-refractivity contribution in [1.82, 2.24) is 5.32 Å². The van der Waals surface area contributed by atoms with Crippen molar-refractivity contribution in [2.45, 2.75) is 50.6 Å². The molecule has 1 aliphatic rings. The van der Waals surface area contributed by atoms with Gasteiger partial charge < -0.3 is 11.1 Å². The fraction of sp³-hybridized carbons (Fsp3) is 0.533. The van der Waals surface area contributed by atoms with Crippen LogP contribution in [0.4, 0.5) is 0 Å². The molecular formula is C15H21Cl3N2O. The van der Waals surface area contributed by atoms with Gasteiger partial charge in [-0.15, -0.1) is 12.4 Å². The minimum atomic E-state index is -0.731. The van der Waals surface area contributed by atoms with Gasteiger partial charge in [0.05, 0.1) is 11.6 Å². The lowest BCUT2D eigenvalue weighted by molar-refractivity contribution is -0.128. The van der Waals surface area contributed by atoms with Crippen LogP contribution in [0.15, 0.2) is 18.2 Å². The zero-order chi connectivity index (χ0) is 14.8. The summed E-state index contributed by atoms with van der Waals surface area (Å²) in [6.45, 7) is 1.90. The van der Waals surface area contributed by atoms with Gasteiger partial charge in [0, 0.05) is 10.0 Å². The normalized spacial score (nSPS) is 18.5. The number of halogens is 3. The Kier molecular flexibility index (Phi) is 6.79. The Labute approximate surface area is 142 Å². The lowest BCUT2D eigenvalue weighted by atomic mass is 9.81. The Bertz CT molecular complexity index is 502. The highest BCUT2D eigenvalue weighted by Crippen LogP contribution is 2.29. The fourth-order valence-corrected chi connectivity index (χ4v) is 3.25. The number of carbonyl (C=O) groups is 1. The van der Waals surface area contributed by atoms with Crippen LogP contribution >= 0.6 is 35.6 Å². The molecule has 3 nitrogen and oxygen atoms in total. The Morgan fingerprint density at radius 3 is 2.48 bits per heavy atom. The van der Waals surface area contributed by atoms with Crippen LogP contribution in [0.25, 0.3) is 0 Å². The zero-order valence-corrected chi connectivity index (χ0v) is 14.3. The monoisotopic (exact) mass is 350 g/mol. The molecule has 1 saturated carbocycles. The lowest BCUT2D eigenvalue weighted by Gasteiger charge is -2.33. The number of amides is 1. The summed E-state index contributed by atoms with van der Waals surface area (Å²) in [7, 11) is 0. The average Bonchev–Trinajstić information content (AvgIpc) is 2.39. The van der Waals surface area contributed by atoms with Gasteiger partial charge in [0.15, 0.2) is 0 Å². The number of nitrogens with one attached hydrogen (secondary N) is 1. The summed E-state index contributed by atoms with van der Waals surface area (Å²) in [6.07, 6.45) is 4.69. The highest BCUT2D eigenvalue weighted by atomic mass is 35.5. The van der Waals surface area contributed by atoms with Crippen molar-refractivity contribution in [3.05, 3.63) is 33.8 Å². The van der Waals surface area contributed by atoms with E-state index in [2.05, 4.69) is 5.32 Å². The van der Waals surface area contributed by atoms with Crippen molar-refractivity contribution >= 4 is 41.5 Å². The molecule has 0 bridgehead atoms. The molecule has 0 spiro atoms. The number of carbonyl (C=O) groups excluding carboxylic acids is 1. The third-order valence-electron chi connectivity index (χ3n) is 3.97. The molecule has 118 valence electrons. The topological polar surface area (TPSA) is 55.1 Å².